The van der Waals surface area contributed by atoms with Gasteiger partial charge in [0, 0.05) is 4.47 Å². The molecule has 1 aliphatic heterocycles. The van der Waals surface area contributed by atoms with Gasteiger partial charge in [-0.2, -0.15) is 5.01 Å². The minimum atomic E-state index is -1.05. The number of carboxylic acid groups (broad SMARTS) is 1. The number of benzene rings is 2. The first kappa shape index (κ1) is 23.0. The van der Waals surface area contributed by atoms with E-state index in [1.54, 1.807) is 61.5 Å². The molecule has 1 atom stereocenters. The Morgan fingerprint density at radius 3 is 2.71 bits per heavy atom. The molecule has 31 heavy (non-hydrogen) atoms. The summed E-state index contributed by atoms with van der Waals surface area (Å²) in [5.41, 5.74) is 3.54. The van der Waals surface area contributed by atoms with Gasteiger partial charge in [0.2, 0.25) is 0 Å². The van der Waals surface area contributed by atoms with Crippen LogP contribution < -0.4 is 10.2 Å². The highest BCUT2D eigenvalue weighted by atomic mass is 79.9. The SMILES string of the molecule is CCC(Oc1cccc(/C=C2/SC(=S)N(NC(=O)c3ccccc3Br)C2=O)c1)C(=O)O. The summed E-state index contributed by atoms with van der Waals surface area (Å²) < 4.78 is 6.28. The minimum absolute atomic E-state index is 0.195. The number of nitrogens with one attached hydrogen (secondary N) is 1. The van der Waals surface area contributed by atoms with Crippen molar-refractivity contribution in [1.29, 1.82) is 0 Å². The molecule has 2 amide bonds. The van der Waals surface area contributed by atoms with Crippen LogP contribution in [0.15, 0.2) is 57.9 Å². The minimum Gasteiger partial charge on any atom is -0.479 e. The number of amides is 2. The molecule has 0 aliphatic carbocycles. The van der Waals surface area contributed by atoms with Gasteiger partial charge in [-0.15, -0.1) is 0 Å². The zero-order valence-corrected chi connectivity index (χ0v) is 19.4. The number of thioether (sulfide) groups is 1. The van der Waals surface area contributed by atoms with E-state index >= 15 is 0 Å². The number of ether oxygens (including phenoxy) is 1. The largest absolute Gasteiger partial charge is 0.479 e. The number of carbonyl (C=O) groups excluding carboxylic acids is 2. The average molecular weight is 521 g/mol. The lowest BCUT2D eigenvalue weighted by Gasteiger charge is -2.16. The first-order valence-corrected chi connectivity index (χ1v) is 11.1. The number of carbonyl (C=O) groups is 3. The topological polar surface area (TPSA) is 95.9 Å². The van der Waals surface area contributed by atoms with Crippen molar-refractivity contribution in [3.05, 3.63) is 69.0 Å². The Labute approximate surface area is 196 Å². The number of rotatable bonds is 7. The maximum Gasteiger partial charge on any atom is 0.344 e. The molecule has 1 unspecified atom stereocenters. The fourth-order valence-electron chi connectivity index (χ4n) is 2.67. The van der Waals surface area contributed by atoms with Crippen molar-refractivity contribution in [2.24, 2.45) is 0 Å². The highest BCUT2D eigenvalue weighted by Gasteiger charge is 2.34. The Balaban J connectivity index is 1.76. The standard InChI is InChI=1S/C21H17BrN2O5S2/c1-2-16(20(27)28)29-13-7-5-6-12(10-13)11-17-19(26)24(21(30)31-17)23-18(25)14-8-3-4-9-15(14)22/h3-11,16H,2H2,1H3,(H,23,25)(H,27,28)/b17-11+. The predicted molar refractivity (Wildman–Crippen MR) is 125 cm³/mol. The molecule has 160 valence electrons. The van der Waals surface area contributed by atoms with Crippen LogP contribution in [0.25, 0.3) is 6.08 Å². The molecule has 0 radical (unpaired) electrons. The molecule has 1 aliphatic rings. The second-order valence-corrected chi connectivity index (χ2v) is 8.89. The van der Waals surface area contributed by atoms with Gasteiger partial charge in [0.15, 0.2) is 10.4 Å². The second kappa shape index (κ2) is 10.1. The normalized spacial score (nSPS) is 15.8. The van der Waals surface area contributed by atoms with Gasteiger partial charge < -0.3 is 9.84 Å². The summed E-state index contributed by atoms with van der Waals surface area (Å²) in [5, 5.41) is 10.2. The number of carboxylic acids is 1. The van der Waals surface area contributed by atoms with E-state index in [-0.39, 0.29) is 4.32 Å². The van der Waals surface area contributed by atoms with E-state index in [0.717, 1.165) is 16.8 Å². The van der Waals surface area contributed by atoms with Crippen molar-refractivity contribution < 1.29 is 24.2 Å². The zero-order valence-electron chi connectivity index (χ0n) is 16.2. The van der Waals surface area contributed by atoms with Crippen LogP contribution in [-0.2, 0) is 9.59 Å². The fraction of sp³-hybridized carbons (Fsp3) is 0.143. The van der Waals surface area contributed by atoms with Crippen molar-refractivity contribution >= 4 is 68.1 Å². The van der Waals surface area contributed by atoms with Gasteiger partial charge in [0.05, 0.1) is 10.5 Å². The van der Waals surface area contributed by atoms with Crippen molar-refractivity contribution in [3.63, 3.8) is 0 Å². The quantitative estimate of drug-likeness (QED) is 0.416. The van der Waals surface area contributed by atoms with E-state index in [0.29, 0.717) is 32.7 Å². The van der Waals surface area contributed by atoms with Gasteiger partial charge >= 0.3 is 5.97 Å². The molecule has 2 aromatic rings. The smallest absolute Gasteiger partial charge is 0.344 e. The monoisotopic (exact) mass is 520 g/mol. The van der Waals surface area contributed by atoms with E-state index in [2.05, 4.69) is 21.4 Å². The highest BCUT2D eigenvalue weighted by molar-refractivity contribution is 9.10. The summed E-state index contributed by atoms with van der Waals surface area (Å²) >= 11 is 9.61. The third-order valence-electron chi connectivity index (χ3n) is 4.21. The van der Waals surface area contributed by atoms with Gasteiger partial charge in [-0.1, -0.05) is 43.0 Å². The fourth-order valence-corrected chi connectivity index (χ4v) is 4.32. The molecule has 1 fully saturated rings. The van der Waals surface area contributed by atoms with Gasteiger partial charge in [0.25, 0.3) is 11.8 Å². The van der Waals surface area contributed by atoms with Crippen LogP contribution >= 0.6 is 39.9 Å². The van der Waals surface area contributed by atoms with Gasteiger partial charge in [-0.05, 0) is 70.5 Å². The number of hydrazine groups is 1. The Morgan fingerprint density at radius 2 is 2.03 bits per heavy atom. The highest BCUT2D eigenvalue weighted by Crippen LogP contribution is 2.32. The summed E-state index contributed by atoms with van der Waals surface area (Å²) in [6, 6.07) is 13.6. The van der Waals surface area contributed by atoms with Crippen LogP contribution in [0.2, 0.25) is 0 Å². The van der Waals surface area contributed by atoms with E-state index < -0.39 is 23.9 Å². The maximum absolute atomic E-state index is 12.8. The lowest BCUT2D eigenvalue weighted by molar-refractivity contribution is -0.145. The molecule has 1 saturated heterocycles. The summed E-state index contributed by atoms with van der Waals surface area (Å²) in [6.45, 7) is 1.72. The van der Waals surface area contributed by atoms with Gasteiger partial charge in [0.1, 0.15) is 5.75 Å². The third kappa shape index (κ3) is 5.52. The molecule has 2 aromatic carbocycles. The number of halogens is 1. The lowest BCUT2D eigenvalue weighted by atomic mass is 10.2. The number of hydrogen-bond acceptors (Lipinski definition) is 6. The van der Waals surface area contributed by atoms with Crippen LogP contribution in [0, 0.1) is 0 Å². The lowest BCUT2D eigenvalue weighted by Crippen LogP contribution is -2.44. The Hall–Kier alpha value is -2.69. The molecule has 1 heterocycles. The molecule has 7 nitrogen and oxygen atoms in total. The molecule has 0 aromatic heterocycles. The summed E-state index contributed by atoms with van der Waals surface area (Å²) in [6.07, 6.45) is 0.967. The number of nitrogens with zero attached hydrogens (tertiary/aromatic N) is 1. The van der Waals surface area contributed by atoms with Crippen LogP contribution in [0.4, 0.5) is 0 Å². The number of hydrogen-bond donors (Lipinski definition) is 2. The molecule has 10 heteroatoms. The average Bonchev–Trinajstić information content (AvgIpc) is 2.99. The summed E-state index contributed by atoms with van der Waals surface area (Å²) in [5.74, 6) is -1.60. The van der Waals surface area contributed by atoms with Crippen LogP contribution in [0.3, 0.4) is 0 Å². The molecular formula is C21H17BrN2O5S2. The van der Waals surface area contributed by atoms with Crippen LogP contribution in [-0.4, -0.2) is 38.3 Å². The zero-order chi connectivity index (χ0) is 22.5. The molecule has 2 N–H and O–H groups in total. The van der Waals surface area contributed by atoms with Crippen molar-refractivity contribution in [2.75, 3.05) is 0 Å². The van der Waals surface area contributed by atoms with Gasteiger partial charge in [-0.25, -0.2) is 4.79 Å². The van der Waals surface area contributed by atoms with E-state index in [9.17, 15) is 14.4 Å². The van der Waals surface area contributed by atoms with E-state index in [1.807, 2.05) is 0 Å². The molecular weight excluding hydrogens is 504 g/mol. The van der Waals surface area contributed by atoms with Gasteiger partial charge in [-0.3, -0.25) is 15.0 Å². The van der Waals surface area contributed by atoms with E-state index in [4.69, 9.17) is 22.1 Å². The second-order valence-electron chi connectivity index (χ2n) is 6.36. The third-order valence-corrected chi connectivity index (χ3v) is 6.20. The van der Waals surface area contributed by atoms with E-state index in [1.165, 1.54) is 0 Å². The predicted octanol–water partition coefficient (Wildman–Crippen LogP) is 4.24. The maximum atomic E-state index is 12.8. The first-order chi connectivity index (χ1) is 14.8. The molecule has 3 rings (SSSR count). The molecule has 0 spiro atoms. The van der Waals surface area contributed by atoms with Crippen LogP contribution in [0.1, 0.15) is 29.3 Å². The Morgan fingerprint density at radius 1 is 1.29 bits per heavy atom. The molecule has 0 bridgehead atoms. The Bertz CT molecular complexity index is 1090. The first-order valence-electron chi connectivity index (χ1n) is 9.13. The van der Waals surface area contributed by atoms with Crippen molar-refractivity contribution in [3.8, 4) is 5.75 Å². The van der Waals surface area contributed by atoms with Crippen molar-refractivity contribution in [2.45, 2.75) is 19.4 Å². The number of aliphatic carboxylic acids is 1. The summed E-state index contributed by atoms with van der Waals surface area (Å²) in [4.78, 5) is 36.8. The van der Waals surface area contributed by atoms with Crippen LogP contribution in [0.5, 0.6) is 5.75 Å². The van der Waals surface area contributed by atoms with Crippen molar-refractivity contribution in [1.82, 2.24) is 10.4 Å². The number of thiocarbonyl (C=S) groups is 1. The molecule has 0 saturated carbocycles. The Kier molecular flexibility index (Phi) is 7.47. The summed E-state index contributed by atoms with van der Waals surface area (Å²) in [7, 11) is 0.